The summed E-state index contributed by atoms with van der Waals surface area (Å²) >= 11 is 0. The van der Waals surface area contributed by atoms with Crippen LogP contribution < -0.4 is 10.6 Å². The van der Waals surface area contributed by atoms with Crippen LogP contribution >= 0.6 is 0 Å². The molecule has 5 aliphatic rings. The molecule has 10 heteroatoms. The number of aliphatic hydroxyl groups is 1. The van der Waals surface area contributed by atoms with Crippen LogP contribution in [0.2, 0.25) is 0 Å². The average Bonchev–Trinajstić information content (AvgIpc) is 3.51. The number of hydrogen-bond acceptors (Lipinski definition) is 8. The van der Waals surface area contributed by atoms with E-state index >= 15 is 0 Å². The molecule has 3 unspecified atom stereocenters. The van der Waals surface area contributed by atoms with Crippen LogP contribution in [-0.4, -0.2) is 62.0 Å². The molecule has 0 radical (unpaired) electrons. The van der Waals surface area contributed by atoms with Gasteiger partial charge in [-0.25, -0.2) is 4.98 Å². The summed E-state index contributed by atoms with van der Waals surface area (Å²) in [4.78, 5) is 24.9. The van der Waals surface area contributed by atoms with E-state index in [2.05, 4.69) is 30.7 Å². The lowest BCUT2D eigenvalue weighted by molar-refractivity contribution is -0.129. The topological polar surface area (TPSA) is 138 Å². The van der Waals surface area contributed by atoms with Crippen molar-refractivity contribution in [1.82, 2.24) is 25.4 Å². The number of carbonyl (C=O) groups is 1. The Bertz CT molecular complexity index is 1250. The molecule has 3 aromatic heterocycles. The summed E-state index contributed by atoms with van der Waals surface area (Å²) in [6, 6.07) is 2.32. The second-order valence-corrected chi connectivity index (χ2v) is 10.9. The molecule has 1 amide bonds. The summed E-state index contributed by atoms with van der Waals surface area (Å²) in [6.07, 6.45) is 10.1. The molecule has 184 valence electrons. The van der Waals surface area contributed by atoms with Crippen LogP contribution in [0, 0.1) is 17.8 Å². The van der Waals surface area contributed by atoms with E-state index in [1.54, 1.807) is 6.20 Å². The van der Waals surface area contributed by atoms with E-state index < -0.39 is 5.60 Å². The third-order valence-electron chi connectivity index (χ3n) is 8.56. The van der Waals surface area contributed by atoms with Crippen LogP contribution in [0.3, 0.4) is 0 Å². The maximum Gasteiger partial charge on any atom is 0.316 e. The van der Waals surface area contributed by atoms with Gasteiger partial charge in [-0.1, -0.05) is 5.16 Å². The zero-order valence-corrected chi connectivity index (χ0v) is 19.5. The van der Waals surface area contributed by atoms with Crippen molar-refractivity contribution in [3.63, 3.8) is 0 Å². The Hall–Kier alpha value is -2.98. The van der Waals surface area contributed by atoms with Gasteiger partial charge in [-0.15, -0.1) is 0 Å². The summed E-state index contributed by atoms with van der Waals surface area (Å²) < 4.78 is 10.7. The molecule has 4 bridgehead atoms. The number of carbonyl (C=O) groups excluding carboxylic acids is 1. The fourth-order valence-electron chi connectivity index (χ4n) is 7.23. The summed E-state index contributed by atoms with van der Waals surface area (Å²) in [5.74, 6) is 1.43. The second-order valence-electron chi connectivity index (χ2n) is 10.9. The van der Waals surface area contributed by atoms with Gasteiger partial charge in [0, 0.05) is 43.1 Å². The Morgan fingerprint density at radius 1 is 1.17 bits per heavy atom. The van der Waals surface area contributed by atoms with Gasteiger partial charge < -0.3 is 30.0 Å². The highest BCUT2D eigenvalue weighted by molar-refractivity contribution is 5.97. The number of hydrogen-bond donors (Lipinski definition) is 4. The molecule has 5 atom stereocenters. The van der Waals surface area contributed by atoms with Crippen LogP contribution in [0.25, 0.3) is 22.4 Å². The molecule has 4 N–H and O–H groups in total. The van der Waals surface area contributed by atoms with Crippen LogP contribution in [0.1, 0.15) is 55.6 Å². The number of nitrogens with zero attached hydrogens (tertiary/aromatic N) is 3. The van der Waals surface area contributed by atoms with Gasteiger partial charge in [-0.2, -0.15) is 4.98 Å². The molecule has 1 saturated heterocycles. The van der Waals surface area contributed by atoms with Gasteiger partial charge in [0.15, 0.2) is 0 Å². The number of pyridine rings is 1. The molecule has 10 nitrogen and oxygen atoms in total. The Morgan fingerprint density at radius 3 is 2.74 bits per heavy atom. The number of anilines is 1. The lowest BCUT2D eigenvalue weighted by atomic mass is 9.52. The fourth-order valence-corrected chi connectivity index (χ4v) is 7.23. The largest absolute Gasteiger partial charge is 0.390 e. The first-order chi connectivity index (χ1) is 17.0. The van der Waals surface area contributed by atoms with Crippen LogP contribution in [0.15, 0.2) is 23.0 Å². The van der Waals surface area contributed by atoms with E-state index in [-0.39, 0.29) is 23.9 Å². The Labute approximate surface area is 202 Å². The summed E-state index contributed by atoms with van der Waals surface area (Å²) in [6.45, 7) is 1.28. The molecule has 1 aliphatic heterocycles. The maximum absolute atomic E-state index is 12.7. The molecule has 4 aliphatic carbocycles. The SMILES string of the molecule is O=C(NC1CCOCC1)c1nc(-c2cnc3[nH]ccc3c2NC2[C@@H]3CC4C[C@H]2CC(O)(C4)C3)no1. The van der Waals surface area contributed by atoms with E-state index in [9.17, 15) is 9.90 Å². The standard InChI is InChI=1S/C25H30N6O4/c32-23(28-16-2-5-34-6-3-16)24-30-22(31-35-24)18-12-27-21-17(1-4-26-21)20(18)29-19-14-7-13-8-15(19)11-25(33,9-13)10-14/h1,4,12-16,19,33H,2-3,5-11H2,(H,28,32)(H2,26,27,29)/t13?,14-,15+,19?,25?. The van der Waals surface area contributed by atoms with E-state index in [1.807, 2.05) is 12.3 Å². The molecular formula is C25H30N6O4. The number of rotatable bonds is 5. The Morgan fingerprint density at radius 2 is 1.97 bits per heavy atom. The van der Waals surface area contributed by atoms with Gasteiger partial charge in [0.1, 0.15) is 5.65 Å². The predicted molar refractivity (Wildman–Crippen MR) is 127 cm³/mol. The monoisotopic (exact) mass is 478 g/mol. The highest BCUT2D eigenvalue weighted by atomic mass is 16.5. The van der Waals surface area contributed by atoms with Crippen molar-refractivity contribution in [2.45, 2.75) is 62.6 Å². The number of nitrogens with one attached hydrogen (secondary N) is 3. The maximum atomic E-state index is 12.7. The number of H-pyrrole nitrogens is 1. The first-order valence-corrected chi connectivity index (χ1v) is 12.7. The van der Waals surface area contributed by atoms with Gasteiger partial charge in [0.25, 0.3) is 0 Å². The minimum Gasteiger partial charge on any atom is -0.390 e. The molecule has 4 heterocycles. The molecule has 8 rings (SSSR count). The quantitative estimate of drug-likeness (QED) is 0.439. The van der Waals surface area contributed by atoms with Gasteiger partial charge in [-0.3, -0.25) is 4.79 Å². The molecule has 35 heavy (non-hydrogen) atoms. The van der Waals surface area contributed by atoms with Crippen molar-refractivity contribution < 1.29 is 19.2 Å². The van der Waals surface area contributed by atoms with Crippen LogP contribution in [0.4, 0.5) is 5.69 Å². The average molecular weight is 479 g/mol. The van der Waals surface area contributed by atoms with Crippen molar-refractivity contribution in [2.24, 2.45) is 17.8 Å². The molecule has 3 aromatic rings. The number of ether oxygens (including phenoxy) is 1. The summed E-state index contributed by atoms with van der Waals surface area (Å²) in [7, 11) is 0. The van der Waals surface area contributed by atoms with Crippen molar-refractivity contribution in [1.29, 1.82) is 0 Å². The highest BCUT2D eigenvalue weighted by Gasteiger charge is 2.54. The van der Waals surface area contributed by atoms with Gasteiger partial charge in [0.2, 0.25) is 5.82 Å². The number of aromatic nitrogens is 4. The molecular weight excluding hydrogens is 448 g/mol. The van der Waals surface area contributed by atoms with Gasteiger partial charge in [0.05, 0.1) is 16.9 Å². The van der Waals surface area contributed by atoms with Crippen molar-refractivity contribution in [3.05, 3.63) is 24.4 Å². The van der Waals surface area contributed by atoms with Crippen molar-refractivity contribution in [2.75, 3.05) is 18.5 Å². The van der Waals surface area contributed by atoms with Crippen LogP contribution in [-0.2, 0) is 4.74 Å². The van der Waals surface area contributed by atoms with Crippen molar-refractivity contribution >= 4 is 22.6 Å². The lowest BCUT2D eigenvalue weighted by Gasteiger charge is -2.58. The minimum absolute atomic E-state index is 0.0495. The van der Waals surface area contributed by atoms with E-state index in [0.29, 0.717) is 42.4 Å². The second kappa shape index (κ2) is 8.03. The summed E-state index contributed by atoms with van der Waals surface area (Å²) in [5.41, 5.74) is 1.90. The lowest BCUT2D eigenvalue weighted by Crippen LogP contribution is -2.59. The van der Waals surface area contributed by atoms with E-state index in [1.165, 1.54) is 0 Å². The predicted octanol–water partition coefficient (Wildman–Crippen LogP) is 2.87. The first kappa shape index (κ1) is 21.3. The van der Waals surface area contributed by atoms with Crippen molar-refractivity contribution in [3.8, 4) is 11.4 Å². The minimum atomic E-state index is -0.487. The Kier molecular flexibility index (Phi) is 4.89. The highest BCUT2D eigenvalue weighted by Crippen LogP contribution is 2.56. The zero-order valence-electron chi connectivity index (χ0n) is 19.5. The third-order valence-corrected chi connectivity index (χ3v) is 8.56. The fraction of sp³-hybridized carbons (Fsp3) is 0.600. The number of amides is 1. The van der Waals surface area contributed by atoms with E-state index in [4.69, 9.17) is 9.26 Å². The molecule has 0 spiro atoms. The van der Waals surface area contributed by atoms with Crippen LogP contribution in [0.5, 0.6) is 0 Å². The Balaban J connectivity index is 1.19. The normalized spacial score (nSPS) is 32.3. The van der Waals surface area contributed by atoms with Gasteiger partial charge >= 0.3 is 11.8 Å². The van der Waals surface area contributed by atoms with E-state index in [0.717, 1.165) is 61.7 Å². The molecule has 4 saturated carbocycles. The summed E-state index contributed by atoms with van der Waals surface area (Å²) in [5, 5.41) is 22.9. The number of aromatic amines is 1. The third kappa shape index (κ3) is 3.70. The molecule has 0 aromatic carbocycles. The van der Waals surface area contributed by atoms with Gasteiger partial charge in [-0.05, 0) is 68.8 Å². The smallest absolute Gasteiger partial charge is 0.316 e. The first-order valence-electron chi connectivity index (χ1n) is 12.7. The molecule has 5 fully saturated rings. The zero-order chi connectivity index (χ0) is 23.6. The number of fused-ring (bicyclic) bond motifs is 1.